The summed E-state index contributed by atoms with van der Waals surface area (Å²) in [6, 6.07) is 7.52. The normalized spacial score (nSPS) is 12.6. The van der Waals surface area contributed by atoms with Gasteiger partial charge in [0.15, 0.2) is 23.9 Å². The summed E-state index contributed by atoms with van der Waals surface area (Å²) < 4.78 is 42.4. The summed E-state index contributed by atoms with van der Waals surface area (Å²) in [5.41, 5.74) is -0.589. The third kappa shape index (κ3) is 3.19. The van der Waals surface area contributed by atoms with Gasteiger partial charge in [0.1, 0.15) is 30.4 Å². The fourth-order valence-corrected chi connectivity index (χ4v) is 2.20. The number of carbonyl (C=O) groups is 2. The van der Waals surface area contributed by atoms with Crippen LogP contribution >= 0.6 is 0 Å². The molecule has 0 atom stereocenters. The van der Waals surface area contributed by atoms with Crippen LogP contribution in [-0.2, 0) is 4.74 Å². The van der Waals surface area contributed by atoms with Gasteiger partial charge in [0.25, 0.3) is 0 Å². The SMILES string of the molecule is O=C(COC(=O)c1c(F)cccc1F)c1ccc2c(c1)OCCO2. The second-order valence-electron chi connectivity index (χ2n) is 4.95. The first-order chi connectivity index (χ1) is 11.6. The van der Waals surface area contributed by atoms with Crippen molar-refractivity contribution in [2.24, 2.45) is 0 Å². The molecule has 0 radical (unpaired) electrons. The lowest BCUT2D eigenvalue weighted by molar-refractivity contribution is 0.0465. The maximum atomic E-state index is 13.5. The summed E-state index contributed by atoms with van der Waals surface area (Å²) in [7, 11) is 0. The smallest absolute Gasteiger partial charge is 0.344 e. The van der Waals surface area contributed by atoms with Crippen molar-refractivity contribution in [2.75, 3.05) is 19.8 Å². The Balaban J connectivity index is 1.68. The molecule has 0 fully saturated rings. The number of Topliss-reactive ketones (excluding diaryl/α,β-unsaturated/α-hetero) is 1. The van der Waals surface area contributed by atoms with Crippen LogP contribution in [0.3, 0.4) is 0 Å². The van der Waals surface area contributed by atoms with Gasteiger partial charge >= 0.3 is 5.97 Å². The van der Waals surface area contributed by atoms with Gasteiger partial charge in [0.2, 0.25) is 0 Å². The van der Waals surface area contributed by atoms with E-state index in [1.165, 1.54) is 12.1 Å². The first-order valence-electron chi connectivity index (χ1n) is 7.10. The minimum absolute atomic E-state index is 0.237. The van der Waals surface area contributed by atoms with Crippen molar-refractivity contribution in [2.45, 2.75) is 0 Å². The third-order valence-electron chi connectivity index (χ3n) is 3.37. The molecule has 2 aromatic rings. The van der Waals surface area contributed by atoms with E-state index >= 15 is 0 Å². The van der Waals surface area contributed by atoms with E-state index < -0.39 is 35.6 Å². The van der Waals surface area contributed by atoms with Crippen LogP contribution in [0.1, 0.15) is 20.7 Å². The van der Waals surface area contributed by atoms with Crippen molar-refractivity contribution in [3.05, 3.63) is 59.2 Å². The molecule has 0 N–H and O–H groups in total. The number of halogens is 2. The van der Waals surface area contributed by atoms with Gasteiger partial charge in [0, 0.05) is 5.56 Å². The zero-order chi connectivity index (χ0) is 17.1. The molecule has 0 spiro atoms. The largest absolute Gasteiger partial charge is 0.486 e. The van der Waals surface area contributed by atoms with Gasteiger partial charge in [0.05, 0.1) is 0 Å². The molecule has 124 valence electrons. The molecule has 0 saturated carbocycles. The van der Waals surface area contributed by atoms with Gasteiger partial charge in [-0.2, -0.15) is 0 Å². The molecule has 0 amide bonds. The lowest BCUT2D eigenvalue weighted by Gasteiger charge is -2.18. The molecule has 7 heteroatoms. The third-order valence-corrected chi connectivity index (χ3v) is 3.37. The lowest BCUT2D eigenvalue weighted by Crippen LogP contribution is -2.18. The summed E-state index contributed by atoms with van der Waals surface area (Å²) in [4.78, 5) is 23.8. The molecular weight excluding hydrogens is 322 g/mol. The Hall–Kier alpha value is -2.96. The van der Waals surface area contributed by atoms with E-state index in [9.17, 15) is 18.4 Å². The molecule has 0 unspecified atom stereocenters. The summed E-state index contributed by atoms with van der Waals surface area (Å²) >= 11 is 0. The molecule has 0 saturated heterocycles. The fourth-order valence-electron chi connectivity index (χ4n) is 2.20. The van der Waals surface area contributed by atoms with E-state index in [4.69, 9.17) is 14.2 Å². The maximum Gasteiger partial charge on any atom is 0.344 e. The number of ketones is 1. The van der Waals surface area contributed by atoms with Crippen molar-refractivity contribution >= 4 is 11.8 Å². The number of hydrogen-bond acceptors (Lipinski definition) is 5. The van der Waals surface area contributed by atoms with Crippen molar-refractivity contribution in [3.63, 3.8) is 0 Å². The number of carbonyl (C=O) groups excluding carboxylic acids is 2. The van der Waals surface area contributed by atoms with Gasteiger partial charge in [-0.05, 0) is 30.3 Å². The number of benzene rings is 2. The van der Waals surface area contributed by atoms with Crippen LogP contribution in [0.4, 0.5) is 8.78 Å². The zero-order valence-electron chi connectivity index (χ0n) is 12.4. The van der Waals surface area contributed by atoms with Gasteiger partial charge in [-0.25, -0.2) is 13.6 Å². The summed E-state index contributed by atoms with van der Waals surface area (Å²) in [5, 5.41) is 0. The average molecular weight is 334 g/mol. The van der Waals surface area contributed by atoms with Crippen molar-refractivity contribution in [1.82, 2.24) is 0 Å². The van der Waals surface area contributed by atoms with E-state index in [1.54, 1.807) is 6.07 Å². The number of esters is 1. The van der Waals surface area contributed by atoms with E-state index in [-0.39, 0.29) is 5.56 Å². The van der Waals surface area contributed by atoms with Crippen LogP contribution in [0, 0.1) is 11.6 Å². The number of fused-ring (bicyclic) bond motifs is 1. The van der Waals surface area contributed by atoms with Gasteiger partial charge in [-0.3, -0.25) is 4.79 Å². The number of rotatable bonds is 4. The minimum Gasteiger partial charge on any atom is -0.486 e. The Kier molecular flexibility index (Phi) is 4.41. The van der Waals surface area contributed by atoms with Crippen LogP contribution in [0.2, 0.25) is 0 Å². The fraction of sp³-hybridized carbons (Fsp3) is 0.176. The van der Waals surface area contributed by atoms with Crippen molar-refractivity contribution in [1.29, 1.82) is 0 Å². The Labute approximate surface area is 135 Å². The highest BCUT2D eigenvalue weighted by molar-refractivity contribution is 5.99. The molecule has 5 nitrogen and oxygen atoms in total. The Bertz CT molecular complexity index is 783. The van der Waals surface area contributed by atoms with Crippen LogP contribution in [0.15, 0.2) is 36.4 Å². The van der Waals surface area contributed by atoms with Crippen LogP contribution in [-0.4, -0.2) is 31.6 Å². The van der Waals surface area contributed by atoms with Gasteiger partial charge in [-0.15, -0.1) is 0 Å². The Morgan fingerprint density at radius 3 is 2.38 bits per heavy atom. The van der Waals surface area contributed by atoms with Gasteiger partial charge in [-0.1, -0.05) is 6.07 Å². The maximum absolute atomic E-state index is 13.5. The highest BCUT2D eigenvalue weighted by Crippen LogP contribution is 2.30. The second kappa shape index (κ2) is 6.66. The molecule has 24 heavy (non-hydrogen) atoms. The number of hydrogen-bond donors (Lipinski definition) is 0. The minimum atomic E-state index is -1.24. The van der Waals surface area contributed by atoms with E-state index in [0.717, 1.165) is 18.2 Å². The Morgan fingerprint density at radius 1 is 1.00 bits per heavy atom. The number of ether oxygens (including phenoxy) is 3. The molecule has 1 heterocycles. The van der Waals surface area contributed by atoms with Gasteiger partial charge < -0.3 is 14.2 Å². The second-order valence-corrected chi connectivity index (χ2v) is 4.95. The zero-order valence-corrected chi connectivity index (χ0v) is 12.4. The standard InChI is InChI=1S/C17H12F2O5/c18-11-2-1-3-12(19)16(11)17(21)24-9-13(20)10-4-5-14-15(8-10)23-7-6-22-14/h1-5,8H,6-7,9H2. The molecular formula is C17H12F2O5. The van der Waals surface area contributed by atoms with Crippen LogP contribution in [0.5, 0.6) is 11.5 Å². The van der Waals surface area contributed by atoms with E-state index in [1.807, 2.05) is 0 Å². The van der Waals surface area contributed by atoms with Crippen LogP contribution < -0.4 is 9.47 Å². The highest BCUT2D eigenvalue weighted by Gasteiger charge is 2.21. The molecule has 0 aromatic heterocycles. The molecule has 1 aliphatic rings. The first kappa shape index (κ1) is 15.9. The quantitative estimate of drug-likeness (QED) is 0.635. The average Bonchev–Trinajstić information content (AvgIpc) is 2.59. The first-order valence-corrected chi connectivity index (χ1v) is 7.10. The lowest BCUT2D eigenvalue weighted by atomic mass is 10.1. The predicted molar refractivity (Wildman–Crippen MR) is 78.4 cm³/mol. The molecule has 3 rings (SSSR count). The van der Waals surface area contributed by atoms with Crippen molar-refractivity contribution in [3.8, 4) is 11.5 Å². The summed E-state index contributed by atoms with van der Waals surface area (Å²) in [6.45, 7) is 0.143. The molecule has 1 aliphatic heterocycles. The topological polar surface area (TPSA) is 61.8 Å². The molecule has 0 bridgehead atoms. The van der Waals surface area contributed by atoms with Crippen molar-refractivity contribution < 1.29 is 32.6 Å². The summed E-state index contributed by atoms with van der Waals surface area (Å²) in [6.07, 6.45) is 0. The highest BCUT2D eigenvalue weighted by atomic mass is 19.1. The summed E-state index contributed by atoms with van der Waals surface area (Å²) in [5.74, 6) is -2.94. The Morgan fingerprint density at radius 2 is 1.67 bits per heavy atom. The predicted octanol–water partition coefficient (Wildman–Crippen LogP) is 2.78. The van der Waals surface area contributed by atoms with E-state index in [2.05, 4.69) is 0 Å². The van der Waals surface area contributed by atoms with E-state index in [0.29, 0.717) is 24.7 Å². The monoisotopic (exact) mass is 334 g/mol. The molecule has 2 aromatic carbocycles. The van der Waals surface area contributed by atoms with Crippen LogP contribution in [0.25, 0.3) is 0 Å². The molecule has 0 aliphatic carbocycles.